The molecule has 0 unspecified atom stereocenters. The van der Waals surface area contributed by atoms with Crippen LogP contribution in [-0.2, 0) is 0 Å². The van der Waals surface area contributed by atoms with Gasteiger partial charge in [0.25, 0.3) is 0 Å². The predicted octanol–water partition coefficient (Wildman–Crippen LogP) is 1.98. The summed E-state index contributed by atoms with van der Waals surface area (Å²) in [5, 5.41) is 13.4. The SMILES string of the molecule is Cc1nnc2ccc(N3CCC(N(C)c4ncc(Cl)cn4)CC3)nn12. The summed E-state index contributed by atoms with van der Waals surface area (Å²) in [6.07, 6.45) is 5.30. The van der Waals surface area contributed by atoms with E-state index in [0.29, 0.717) is 17.0 Å². The number of nitrogens with zero attached hydrogens (tertiary/aromatic N) is 8. The van der Waals surface area contributed by atoms with Gasteiger partial charge in [-0.15, -0.1) is 15.3 Å². The molecule has 8 nitrogen and oxygen atoms in total. The van der Waals surface area contributed by atoms with Crippen LogP contribution < -0.4 is 9.80 Å². The molecule has 0 N–H and O–H groups in total. The van der Waals surface area contributed by atoms with Gasteiger partial charge in [-0.05, 0) is 31.9 Å². The standard InChI is InChI=1S/C16H19ClN8/c1-11-20-21-14-3-4-15(22-25(11)14)24-7-5-13(6-8-24)23(2)16-18-9-12(17)10-19-16/h3-4,9-10,13H,5-8H2,1-2H3. The maximum atomic E-state index is 5.87. The first-order valence-electron chi connectivity index (χ1n) is 8.26. The number of fused-ring (bicyclic) bond motifs is 1. The van der Waals surface area contributed by atoms with Gasteiger partial charge in [0.05, 0.1) is 17.4 Å². The van der Waals surface area contributed by atoms with Crippen molar-refractivity contribution < 1.29 is 0 Å². The first-order chi connectivity index (χ1) is 12.1. The van der Waals surface area contributed by atoms with Crippen molar-refractivity contribution in [2.24, 2.45) is 0 Å². The Morgan fingerprint density at radius 2 is 1.84 bits per heavy atom. The zero-order valence-corrected chi connectivity index (χ0v) is 14.9. The topological polar surface area (TPSA) is 75.3 Å². The van der Waals surface area contributed by atoms with Crippen molar-refractivity contribution in [1.82, 2.24) is 29.8 Å². The molecule has 1 aliphatic heterocycles. The van der Waals surface area contributed by atoms with Crippen LogP contribution >= 0.6 is 11.6 Å². The summed E-state index contributed by atoms with van der Waals surface area (Å²) in [5.41, 5.74) is 0.774. The van der Waals surface area contributed by atoms with Crippen molar-refractivity contribution in [2.45, 2.75) is 25.8 Å². The lowest BCUT2D eigenvalue weighted by molar-refractivity contribution is 0.474. The smallest absolute Gasteiger partial charge is 0.225 e. The normalized spacial score (nSPS) is 15.7. The second-order valence-electron chi connectivity index (χ2n) is 6.24. The Balaban J connectivity index is 1.45. The molecule has 1 fully saturated rings. The minimum Gasteiger partial charge on any atom is -0.355 e. The quantitative estimate of drug-likeness (QED) is 0.708. The number of hydrogen-bond acceptors (Lipinski definition) is 7. The van der Waals surface area contributed by atoms with Gasteiger partial charge in [-0.1, -0.05) is 11.6 Å². The summed E-state index contributed by atoms with van der Waals surface area (Å²) < 4.78 is 1.79. The van der Waals surface area contributed by atoms with Crippen molar-refractivity contribution in [2.75, 3.05) is 29.9 Å². The molecular weight excluding hydrogens is 340 g/mol. The molecule has 25 heavy (non-hydrogen) atoms. The minimum atomic E-state index is 0.401. The predicted molar refractivity (Wildman–Crippen MR) is 96.2 cm³/mol. The number of piperidine rings is 1. The number of rotatable bonds is 3. The highest BCUT2D eigenvalue weighted by Gasteiger charge is 2.25. The third-order valence-electron chi connectivity index (χ3n) is 4.66. The van der Waals surface area contributed by atoms with Crippen LogP contribution in [0, 0.1) is 6.92 Å². The maximum absolute atomic E-state index is 5.87. The van der Waals surface area contributed by atoms with Crippen LogP contribution in [0.1, 0.15) is 18.7 Å². The average molecular weight is 359 g/mol. The van der Waals surface area contributed by atoms with E-state index < -0.39 is 0 Å². The molecule has 3 aromatic heterocycles. The van der Waals surface area contributed by atoms with Crippen LogP contribution in [0.4, 0.5) is 11.8 Å². The fourth-order valence-corrected chi connectivity index (χ4v) is 3.29. The van der Waals surface area contributed by atoms with Crippen LogP contribution in [0.15, 0.2) is 24.5 Å². The average Bonchev–Trinajstić information content (AvgIpc) is 3.02. The highest BCUT2D eigenvalue weighted by atomic mass is 35.5. The van der Waals surface area contributed by atoms with Gasteiger partial charge in [0.2, 0.25) is 5.95 Å². The van der Waals surface area contributed by atoms with Gasteiger partial charge in [0, 0.05) is 26.2 Å². The molecule has 0 spiro atoms. The second kappa shape index (κ2) is 6.44. The summed E-state index contributed by atoms with van der Waals surface area (Å²) >= 11 is 5.87. The first kappa shape index (κ1) is 16.0. The second-order valence-corrected chi connectivity index (χ2v) is 6.68. The van der Waals surface area contributed by atoms with Gasteiger partial charge in [0.1, 0.15) is 5.82 Å². The maximum Gasteiger partial charge on any atom is 0.225 e. The number of aryl methyl sites for hydroxylation is 1. The Morgan fingerprint density at radius 1 is 1.12 bits per heavy atom. The van der Waals surface area contributed by atoms with Crippen molar-refractivity contribution >= 4 is 29.0 Å². The van der Waals surface area contributed by atoms with Crippen LogP contribution in [-0.4, -0.2) is 56.0 Å². The van der Waals surface area contributed by atoms with E-state index in [2.05, 4.69) is 35.1 Å². The zero-order chi connectivity index (χ0) is 17.4. The largest absolute Gasteiger partial charge is 0.355 e. The van der Waals surface area contributed by atoms with Gasteiger partial charge in [-0.25, -0.2) is 9.97 Å². The van der Waals surface area contributed by atoms with Crippen LogP contribution in [0.25, 0.3) is 5.65 Å². The Labute approximate surface area is 150 Å². The first-order valence-corrected chi connectivity index (χ1v) is 8.64. The molecule has 0 amide bonds. The van der Waals surface area contributed by atoms with E-state index in [1.54, 1.807) is 16.9 Å². The van der Waals surface area contributed by atoms with Crippen molar-refractivity contribution in [3.8, 4) is 0 Å². The molecule has 0 saturated carbocycles. The number of hydrogen-bond donors (Lipinski definition) is 0. The molecule has 4 heterocycles. The molecule has 130 valence electrons. The molecule has 0 aliphatic carbocycles. The molecular formula is C16H19ClN8. The molecule has 4 rings (SSSR count). The molecule has 0 radical (unpaired) electrons. The third kappa shape index (κ3) is 3.09. The van der Waals surface area contributed by atoms with Gasteiger partial charge in [-0.3, -0.25) is 0 Å². The van der Waals surface area contributed by atoms with Gasteiger partial charge >= 0.3 is 0 Å². The van der Waals surface area contributed by atoms with E-state index >= 15 is 0 Å². The van der Waals surface area contributed by atoms with Crippen LogP contribution in [0.2, 0.25) is 5.02 Å². The zero-order valence-electron chi connectivity index (χ0n) is 14.2. The number of aromatic nitrogens is 6. The lowest BCUT2D eigenvalue weighted by Gasteiger charge is -2.37. The molecule has 0 atom stereocenters. The molecule has 1 aliphatic rings. The highest BCUT2D eigenvalue weighted by Crippen LogP contribution is 2.23. The van der Waals surface area contributed by atoms with E-state index in [4.69, 9.17) is 11.6 Å². The van der Waals surface area contributed by atoms with Crippen molar-refractivity contribution in [3.63, 3.8) is 0 Å². The van der Waals surface area contributed by atoms with Crippen LogP contribution in [0.5, 0.6) is 0 Å². The Morgan fingerprint density at radius 3 is 2.56 bits per heavy atom. The van der Waals surface area contributed by atoms with E-state index in [9.17, 15) is 0 Å². The third-order valence-corrected chi connectivity index (χ3v) is 4.86. The van der Waals surface area contributed by atoms with E-state index in [0.717, 1.165) is 43.2 Å². The molecule has 0 aromatic carbocycles. The lowest BCUT2D eigenvalue weighted by atomic mass is 10.0. The van der Waals surface area contributed by atoms with E-state index in [1.165, 1.54) is 0 Å². The molecule has 1 saturated heterocycles. The highest BCUT2D eigenvalue weighted by molar-refractivity contribution is 6.30. The van der Waals surface area contributed by atoms with Gasteiger partial charge < -0.3 is 9.80 Å². The number of halogens is 1. The fraction of sp³-hybridized carbons (Fsp3) is 0.438. The van der Waals surface area contributed by atoms with E-state index in [-0.39, 0.29) is 0 Å². The minimum absolute atomic E-state index is 0.401. The van der Waals surface area contributed by atoms with Gasteiger partial charge in [-0.2, -0.15) is 4.52 Å². The Hall–Kier alpha value is -2.48. The number of anilines is 2. The summed E-state index contributed by atoms with van der Waals surface area (Å²) in [6.45, 7) is 3.77. The van der Waals surface area contributed by atoms with Crippen molar-refractivity contribution in [3.05, 3.63) is 35.4 Å². The molecule has 9 heteroatoms. The lowest BCUT2D eigenvalue weighted by Crippen LogP contribution is -2.44. The summed E-state index contributed by atoms with van der Waals surface area (Å²) in [4.78, 5) is 13.0. The Bertz CT molecular complexity index is 869. The Kier molecular flexibility index (Phi) is 4.12. The summed E-state index contributed by atoms with van der Waals surface area (Å²) in [5.74, 6) is 2.47. The van der Waals surface area contributed by atoms with Crippen LogP contribution in [0.3, 0.4) is 0 Å². The molecule has 3 aromatic rings. The monoisotopic (exact) mass is 358 g/mol. The van der Waals surface area contributed by atoms with Crippen molar-refractivity contribution in [1.29, 1.82) is 0 Å². The summed E-state index contributed by atoms with van der Waals surface area (Å²) in [6, 6.07) is 4.37. The summed E-state index contributed by atoms with van der Waals surface area (Å²) in [7, 11) is 2.04. The van der Waals surface area contributed by atoms with Gasteiger partial charge in [0.15, 0.2) is 11.5 Å². The molecule has 0 bridgehead atoms. The van der Waals surface area contributed by atoms with E-state index in [1.807, 2.05) is 26.1 Å². The fourth-order valence-electron chi connectivity index (χ4n) is 3.19.